The highest BCUT2D eigenvalue weighted by Gasteiger charge is 2.11. The van der Waals surface area contributed by atoms with Crippen molar-refractivity contribution in [3.8, 4) is 0 Å². The van der Waals surface area contributed by atoms with Crippen LogP contribution in [0.1, 0.15) is 10.4 Å². The monoisotopic (exact) mass is 198 g/mol. The number of nitrogens with zero attached hydrogens (tertiary/aromatic N) is 1. The first-order valence-corrected chi connectivity index (χ1v) is 3.88. The van der Waals surface area contributed by atoms with Gasteiger partial charge in [0, 0.05) is 17.0 Å². The molecule has 0 saturated heterocycles. The Morgan fingerprint density at radius 2 is 2.38 bits per heavy atom. The largest absolute Gasteiger partial charge is 0.298 e. The number of aromatic nitrogens is 2. The van der Waals surface area contributed by atoms with Gasteiger partial charge < -0.3 is 0 Å². The second-order valence-corrected chi connectivity index (χ2v) is 2.91. The van der Waals surface area contributed by atoms with E-state index in [1.807, 2.05) is 0 Å². The van der Waals surface area contributed by atoms with Crippen molar-refractivity contribution in [1.29, 1.82) is 0 Å². The standard InChI is InChI=1S/C8H4ClFN2O/c9-8-5(3-13)4-2-11-12-7(4)1-6(8)10/h1-3H,(H,11,12). The van der Waals surface area contributed by atoms with E-state index >= 15 is 0 Å². The number of carbonyl (C=O) groups excluding carboxylic acids is 1. The molecule has 13 heavy (non-hydrogen) atoms. The van der Waals surface area contributed by atoms with Crippen LogP contribution >= 0.6 is 11.6 Å². The molecule has 0 amide bonds. The minimum atomic E-state index is -0.625. The highest BCUT2D eigenvalue weighted by molar-refractivity contribution is 6.34. The summed E-state index contributed by atoms with van der Waals surface area (Å²) in [6, 6.07) is 1.21. The maximum atomic E-state index is 13.0. The zero-order valence-corrected chi connectivity index (χ0v) is 7.10. The number of halogens is 2. The van der Waals surface area contributed by atoms with Gasteiger partial charge in [0.05, 0.1) is 16.7 Å². The van der Waals surface area contributed by atoms with Gasteiger partial charge in [-0.2, -0.15) is 5.10 Å². The van der Waals surface area contributed by atoms with Gasteiger partial charge in [-0.3, -0.25) is 9.89 Å². The number of aldehydes is 1. The van der Waals surface area contributed by atoms with Gasteiger partial charge in [0.1, 0.15) is 5.82 Å². The quantitative estimate of drug-likeness (QED) is 0.714. The van der Waals surface area contributed by atoms with Gasteiger partial charge in [0.2, 0.25) is 0 Å². The van der Waals surface area contributed by atoms with Gasteiger partial charge in [-0.1, -0.05) is 11.6 Å². The molecule has 5 heteroatoms. The smallest absolute Gasteiger partial charge is 0.152 e. The second-order valence-electron chi connectivity index (χ2n) is 2.54. The summed E-state index contributed by atoms with van der Waals surface area (Å²) in [4.78, 5) is 10.6. The Bertz CT molecular complexity index is 480. The van der Waals surface area contributed by atoms with E-state index in [4.69, 9.17) is 11.6 Å². The van der Waals surface area contributed by atoms with Gasteiger partial charge in [-0.05, 0) is 0 Å². The molecule has 0 radical (unpaired) electrons. The maximum absolute atomic E-state index is 13.0. The molecule has 0 atom stereocenters. The van der Waals surface area contributed by atoms with E-state index in [0.717, 1.165) is 0 Å². The molecule has 1 heterocycles. The minimum absolute atomic E-state index is 0.130. The zero-order chi connectivity index (χ0) is 9.42. The van der Waals surface area contributed by atoms with Gasteiger partial charge in [-0.15, -0.1) is 0 Å². The Labute approximate surface area is 77.5 Å². The summed E-state index contributed by atoms with van der Waals surface area (Å²) >= 11 is 5.58. The van der Waals surface area contributed by atoms with Crippen molar-refractivity contribution < 1.29 is 9.18 Å². The lowest BCUT2D eigenvalue weighted by Crippen LogP contribution is -1.87. The van der Waals surface area contributed by atoms with Crippen molar-refractivity contribution in [2.24, 2.45) is 0 Å². The number of aromatic amines is 1. The Hall–Kier alpha value is -1.42. The van der Waals surface area contributed by atoms with E-state index in [2.05, 4.69) is 10.2 Å². The molecular weight excluding hydrogens is 195 g/mol. The Morgan fingerprint density at radius 1 is 1.62 bits per heavy atom. The number of hydrogen-bond acceptors (Lipinski definition) is 2. The summed E-state index contributed by atoms with van der Waals surface area (Å²) < 4.78 is 13.0. The average molecular weight is 199 g/mol. The topological polar surface area (TPSA) is 45.8 Å². The highest BCUT2D eigenvalue weighted by atomic mass is 35.5. The van der Waals surface area contributed by atoms with Crippen LogP contribution in [0.15, 0.2) is 12.3 Å². The lowest BCUT2D eigenvalue weighted by Gasteiger charge is -1.98. The van der Waals surface area contributed by atoms with Crippen molar-refractivity contribution in [2.75, 3.05) is 0 Å². The summed E-state index contributed by atoms with van der Waals surface area (Å²) in [7, 11) is 0. The van der Waals surface area contributed by atoms with Crippen LogP contribution in [0.4, 0.5) is 4.39 Å². The van der Waals surface area contributed by atoms with Crippen LogP contribution in [0.25, 0.3) is 10.9 Å². The number of nitrogens with one attached hydrogen (secondary N) is 1. The molecule has 1 aromatic carbocycles. The van der Waals surface area contributed by atoms with Crippen LogP contribution in [0.3, 0.4) is 0 Å². The molecule has 0 aliphatic carbocycles. The number of carbonyl (C=O) groups is 1. The summed E-state index contributed by atoms with van der Waals surface area (Å²) in [5, 5.41) is 6.60. The van der Waals surface area contributed by atoms with Crippen LogP contribution in [0, 0.1) is 5.82 Å². The van der Waals surface area contributed by atoms with E-state index in [1.165, 1.54) is 12.3 Å². The molecule has 0 saturated carbocycles. The maximum Gasteiger partial charge on any atom is 0.152 e. The second kappa shape index (κ2) is 2.81. The van der Waals surface area contributed by atoms with Crippen LogP contribution in [-0.2, 0) is 0 Å². The summed E-state index contributed by atoms with van der Waals surface area (Å²) in [5.74, 6) is -0.625. The molecule has 1 aromatic heterocycles. The van der Waals surface area contributed by atoms with Crippen LogP contribution < -0.4 is 0 Å². The fourth-order valence-corrected chi connectivity index (χ4v) is 1.37. The Morgan fingerprint density at radius 3 is 3.08 bits per heavy atom. The third kappa shape index (κ3) is 1.10. The Kier molecular flexibility index (Phi) is 1.77. The van der Waals surface area contributed by atoms with Crippen molar-refractivity contribution in [3.63, 3.8) is 0 Å². The number of rotatable bonds is 1. The third-order valence-corrected chi connectivity index (χ3v) is 2.18. The van der Waals surface area contributed by atoms with Crippen LogP contribution in [0.2, 0.25) is 5.02 Å². The predicted molar refractivity (Wildman–Crippen MR) is 46.4 cm³/mol. The van der Waals surface area contributed by atoms with E-state index in [1.54, 1.807) is 0 Å². The molecule has 0 unspecified atom stereocenters. The predicted octanol–water partition coefficient (Wildman–Crippen LogP) is 2.17. The minimum Gasteiger partial charge on any atom is -0.298 e. The third-order valence-electron chi connectivity index (χ3n) is 1.79. The SMILES string of the molecule is O=Cc1c(Cl)c(F)cc2[nH]ncc12. The number of hydrogen-bond donors (Lipinski definition) is 1. The molecule has 2 rings (SSSR count). The number of H-pyrrole nitrogens is 1. The molecule has 66 valence electrons. The fourth-order valence-electron chi connectivity index (χ4n) is 1.17. The number of benzene rings is 1. The molecule has 0 fully saturated rings. The molecule has 0 bridgehead atoms. The van der Waals surface area contributed by atoms with Gasteiger partial charge >= 0.3 is 0 Å². The first-order chi connectivity index (χ1) is 6.24. The summed E-state index contributed by atoms with van der Waals surface area (Å²) in [6.07, 6.45) is 1.95. The molecule has 1 N–H and O–H groups in total. The van der Waals surface area contributed by atoms with E-state index in [9.17, 15) is 9.18 Å². The lowest BCUT2D eigenvalue weighted by atomic mass is 10.1. The molecule has 0 aliphatic heterocycles. The van der Waals surface area contributed by atoms with Crippen molar-refractivity contribution in [1.82, 2.24) is 10.2 Å². The first kappa shape index (κ1) is 8.19. The van der Waals surface area contributed by atoms with Gasteiger partial charge in [0.15, 0.2) is 6.29 Å². The van der Waals surface area contributed by atoms with Crippen molar-refractivity contribution in [3.05, 3.63) is 28.7 Å². The summed E-state index contributed by atoms with van der Waals surface area (Å²) in [6.45, 7) is 0. The highest BCUT2D eigenvalue weighted by Crippen LogP contribution is 2.26. The molecular formula is C8H4ClFN2O. The fraction of sp³-hybridized carbons (Fsp3) is 0. The average Bonchev–Trinajstić information content (AvgIpc) is 2.54. The van der Waals surface area contributed by atoms with Gasteiger partial charge in [-0.25, -0.2) is 4.39 Å². The van der Waals surface area contributed by atoms with E-state index in [0.29, 0.717) is 17.2 Å². The lowest BCUT2D eigenvalue weighted by molar-refractivity contribution is 0.112. The molecule has 0 aliphatic rings. The van der Waals surface area contributed by atoms with E-state index < -0.39 is 5.82 Å². The molecule has 2 aromatic rings. The van der Waals surface area contributed by atoms with Crippen molar-refractivity contribution >= 4 is 28.8 Å². The molecule has 0 spiro atoms. The van der Waals surface area contributed by atoms with Crippen LogP contribution in [0.5, 0.6) is 0 Å². The number of fused-ring (bicyclic) bond motifs is 1. The zero-order valence-electron chi connectivity index (χ0n) is 6.34. The van der Waals surface area contributed by atoms with Crippen molar-refractivity contribution in [2.45, 2.75) is 0 Å². The Balaban J connectivity index is 2.95. The van der Waals surface area contributed by atoms with Gasteiger partial charge in [0.25, 0.3) is 0 Å². The first-order valence-electron chi connectivity index (χ1n) is 3.50. The normalized spacial score (nSPS) is 10.6. The summed E-state index contributed by atoms with van der Waals surface area (Å²) in [5.41, 5.74) is 0.592. The molecule has 3 nitrogen and oxygen atoms in total. The van der Waals surface area contributed by atoms with E-state index in [-0.39, 0.29) is 10.6 Å². The van der Waals surface area contributed by atoms with Crippen LogP contribution in [-0.4, -0.2) is 16.5 Å².